The number of fused-ring (bicyclic) bond motifs is 2. The van der Waals surface area contributed by atoms with Gasteiger partial charge in [0.1, 0.15) is 0 Å². The lowest BCUT2D eigenvalue weighted by Crippen LogP contribution is -2.30. The minimum Gasteiger partial charge on any atom is -0.314 e. The van der Waals surface area contributed by atoms with Gasteiger partial charge in [0.05, 0.1) is 16.8 Å². The van der Waals surface area contributed by atoms with Crippen LogP contribution in [0.1, 0.15) is 18.1 Å². The number of carbonyl (C=O) groups is 2. The zero-order chi connectivity index (χ0) is 24.3. The molecule has 3 aliphatic rings. The fourth-order valence-electron chi connectivity index (χ4n) is 5.68. The Labute approximate surface area is 205 Å². The summed E-state index contributed by atoms with van der Waals surface area (Å²) in [7, 11) is 3.57. The van der Waals surface area contributed by atoms with E-state index < -0.39 is 0 Å². The average Bonchev–Trinajstić information content (AvgIpc) is 3.29. The van der Waals surface area contributed by atoms with Gasteiger partial charge >= 0.3 is 0 Å². The van der Waals surface area contributed by atoms with E-state index in [0.29, 0.717) is 16.8 Å². The zero-order valence-corrected chi connectivity index (χ0v) is 20.0. The van der Waals surface area contributed by atoms with E-state index in [1.165, 1.54) is 0 Å². The van der Waals surface area contributed by atoms with Gasteiger partial charge in [-0.05, 0) is 27.8 Å². The molecule has 1 aliphatic carbocycles. The van der Waals surface area contributed by atoms with Crippen LogP contribution >= 0.6 is 0 Å². The maximum atomic E-state index is 13.7. The van der Waals surface area contributed by atoms with Crippen molar-refractivity contribution in [2.75, 3.05) is 14.1 Å². The second kappa shape index (κ2) is 7.95. The number of amides is 2. The Hall–Kier alpha value is -4.18. The van der Waals surface area contributed by atoms with Crippen LogP contribution in [0.15, 0.2) is 108 Å². The Morgan fingerprint density at radius 3 is 2.20 bits per heavy atom. The number of benzene rings is 3. The highest BCUT2D eigenvalue weighted by atomic mass is 16.2. The first-order valence-corrected chi connectivity index (χ1v) is 12.0. The number of allylic oxidation sites excluding steroid dienone is 4. The van der Waals surface area contributed by atoms with Gasteiger partial charge in [-0.25, -0.2) is 0 Å². The van der Waals surface area contributed by atoms with Gasteiger partial charge in [0.2, 0.25) is 0 Å². The van der Waals surface area contributed by atoms with Gasteiger partial charge in [-0.2, -0.15) is 0 Å². The fraction of sp³-hybridized carbons (Fsp3) is 0.161. The number of hydrogen-bond acceptors (Lipinski definition) is 2. The first-order chi connectivity index (χ1) is 17.0. The summed E-state index contributed by atoms with van der Waals surface area (Å²) < 4.78 is 0. The second-order valence-electron chi connectivity index (χ2n) is 9.47. The standard InChI is InChI=1S/C31H26N2O2/c1-19-18-22(20-10-5-4-6-11-20)16-17-23(19)28-26-27(31(35)32(28)2)29(33(3)30(26)34)25-15-9-13-21-12-7-8-14-24(21)25/h4-19,23H,1-3H3. The normalized spacial score (nSPS) is 22.0. The number of likely N-dealkylation sites (N-methyl/N-ethyl adjacent to an activating group) is 2. The number of rotatable bonds is 3. The van der Waals surface area contributed by atoms with Crippen molar-refractivity contribution < 1.29 is 9.59 Å². The third kappa shape index (κ3) is 3.13. The van der Waals surface area contributed by atoms with Crippen molar-refractivity contribution in [3.05, 3.63) is 119 Å². The number of carbonyl (C=O) groups excluding carboxylic acids is 2. The molecule has 0 N–H and O–H groups in total. The lowest BCUT2D eigenvalue weighted by atomic mass is 9.81. The molecule has 2 amide bonds. The molecule has 0 saturated heterocycles. The molecule has 35 heavy (non-hydrogen) atoms. The summed E-state index contributed by atoms with van der Waals surface area (Å²) in [4.78, 5) is 30.6. The van der Waals surface area contributed by atoms with Crippen LogP contribution in [0.3, 0.4) is 0 Å². The molecule has 0 radical (unpaired) electrons. The van der Waals surface area contributed by atoms with Gasteiger partial charge in [-0.3, -0.25) is 9.59 Å². The molecular formula is C31H26N2O2. The Kier molecular flexibility index (Phi) is 4.85. The van der Waals surface area contributed by atoms with E-state index in [0.717, 1.165) is 33.2 Å². The molecule has 0 aromatic heterocycles. The van der Waals surface area contributed by atoms with Crippen molar-refractivity contribution >= 4 is 33.9 Å². The molecule has 0 fully saturated rings. The summed E-state index contributed by atoms with van der Waals surface area (Å²) in [5.41, 5.74) is 5.79. The topological polar surface area (TPSA) is 40.6 Å². The van der Waals surface area contributed by atoms with E-state index in [4.69, 9.17) is 0 Å². The summed E-state index contributed by atoms with van der Waals surface area (Å²) in [6.07, 6.45) is 6.50. The van der Waals surface area contributed by atoms with Gasteiger partial charge in [-0.1, -0.05) is 97.9 Å². The van der Waals surface area contributed by atoms with Crippen LogP contribution in [0, 0.1) is 11.8 Å². The smallest absolute Gasteiger partial charge is 0.260 e. The molecule has 4 nitrogen and oxygen atoms in total. The molecule has 3 aromatic carbocycles. The second-order valence-corrected chi connectivity index (χ2v) is 9.47. The molecule has 2 aliphatic heterocycles. The minimum atomic E-state index is -0.117. The Balaban J connectivity index is 1.50. The van der Waals surface area contributed by atoms with Gasteiger partial charge in [0, 0.05) is 31.3 Å². The van der Waals surface area contributed by atoms with Gasteiger partial charge in [0.15, 0.2) is 0 Å². The Morgan fingerprint density at radius 2 is 1.43 bits per heavy atom. The highest BCUT2D eigenvalue weighted by Crippen LogP contribution is 2.47. The van der Waals surface area contributed by atoms with Crippen LogP contribution < -0.4 is 0 Å². The third-order valence-electron chi connectivity index (χ3n) is 7.44. The maximum absolute atomic E-state index is 13.7. The molecule has 0 saturated carbocycles. The molecule has 6 rings (SSSR count). The summed E-state index contributed by atoms with van der Waals surface area (Å²) in [5, 5.41) is 2.11. The van der Waals surface area contributed by atoms with Crippen LogP contribution in [-0.4, -0.2) is 35.7 Å². The first-order valence-electron chi connectivity index (χ1n) is 12.0. The van der Waals surface area contributed by atoms with E-state index in [1.807, 2.05) is 48.5 Å². The molecule has 2 heterocycles. The number of hydrogen-bond donors (Lipinski definition) is 0. The summed E-state index contributed by atoms with van der Waals surface area (Å²) >= 11 is 0. The molecule has 4 heteroatoms. The predicted molar refractivity (Wildman–Crippen MR) is 140 cm³/mol. The molecule has 2 atom stereocenters. The van der Waals surface area contributed by atoms with E-state index >= 15 is 0 Å². The van der Waals surface area contributed by atoms with Crippen molar-refractivity contribution in [2.45, 2.75) is 6.92 Å². The minimum absolute atomic E-state index is 0.0619. The summed E-state index contributed by atoms with van der Waals surface area (Å²) in [5.74, 6) is -0.164. The predicted octanol–water partition coefficient (Wildman–Crippen LogP) is 5.65. The first kappa shape index (κ1) is 21.4. The lowest BCUT2D eigenvalue weighted by molar-refractivity contribution is -0.123. The quantitative estimate of drug-likeness (QED) is 0.509. The monoisotopic (exact) mass is 458 g/mol. The van der Waals surface area contributed by atoms with Gasteiger partial charge in [0.25, 0.3) is 11.8 Å². The van der Waals surface area contributed by atoms with Crippen LogP contribution in [0.25, 0.3) is 22.0 Å². The largest absolute Gasteiger partial charge is 0.314 e. The van der Waals surface area contributed by atoms with Crippen molar-refractivity contribution in [3.8, 4) is 0 Å². The molecule has 172 valence electrons. The van der Waals surface area contributed by atoms with E-state index in [-0.39, 0.29) is 23.7 Å². The van der Waals surface area contributed by atoms with E-state index in [2.05, 4.69) is 49.4 Å². The molecule has 3 aromatic rings. The zero-order valence-electron chi connectivity index (χ0n) is 20.0. The van der Waals surface area contributed by atoms with Crippen molar-refractivity contribution in [2.24, 2.45) is 11.8 Å². The van der Waals surface area contributed by atoms with E-state index in [9.17, 15) is 9.59 Å². The lowest BCUT2D eigenvalue weighted by Gasteiger charge is -2.29. The molecule has 2 unspecified atom stereocenters. The Morgan fingerprint density at radius 1 is 0.743 bits per heavy atom. The summed E-state index contributed by atoms with van der Waals surface area (Å²) in [6, 6.07) is 24.4. The van der Waals surface area contributed by atoms with Crippen molar-refractivity contribution in [1.82, 2.24) is 9.80 Å². The highest BCUT2D eigenvalue weighted by molar-refractivity contribution is 6.26. The molecule has 0 spiro atoms. The van der Waals surface area contributed by atoms with Gasteiger partial charge < -0.3 is 9.80 Å². The van der Waals surface area contributed by atoms with E-state index in [1.54, 1.807) is 23.9 Å². The maximum Gasteiger partial charge on any atom is 0.260 e. The van der Waals surface area contributed by atoms with Crippen LogP contribution in [0.2, 0.25) is 0 Å². The molecular weight excluding hydrogens is 432 g/mol. The SMILES string of the molecule is CC1C=C(c2ccccc2)C=CC1C1=C2C(=O)N(C)C(c3cccc4ccccc34)=C2C(=O)N1C. The van der Waals surface area contributed by atoms with Gasteiger partial charge in [-0.15, -0.1) is 0 Å². The van der Waals surface area contributed by atoms with Crippen LogP contribution in [0.5, 0.6) is 0 Å². The van der Waals surface area contributed by atoms with Crippen molar-refractivity contribution in [1.29, 1.82) is 0 Å². The number of nitrogens with zero attached hydrogens (tertiary/aromatic N) is 2. The van der Waals surface area contributed by atoms with Crippen LogP contribution in [0.4, 0.5) is 0 Å². The third-order valence-corrected chi connectivity index (χ3v) is 7.44. The Bertz CT molecular complexity index is 1520. The van der Waals surface area contributed by atoms with Crippen LogP contribution in [-0.2, 0) is 9.59 Å². The fourth-order valence-corrected chi connectivity index (χ4v) is 5.68. The summed E-state index contributed by atoms with van der Waals surface area (Å²) in [6.45, 7) is 2.15. The average molecular weight is 459 g/mol. The molecule has 0 bridgehead atoms. The highest BCUT2D eigenvalue weighted by Gasteiger charge is 2.48. The van der Waals surface area contributed by atoms with Crippen molar-refractivity contribution in [3.63, 3.8) is 0 Å².